The summed E-state index contributed by atoms with van der Waals surface area (Å²) in [7, 11) is 2.60. The Labute approximate surface area is 360 Å². The number of nitrogens with zero attached hydrogens (tertiary/aromatic N) is 4. The number of H-pyrrole nitrogens is 1. The van der Waals surface area contributed by atoms with Crippen molar-refractivity contribution in [3.05, 3.63) is 59.4 Å². The maximum Gasteiger partial charge on any atom is 0.407 e. The Hall–Kier alpha value is -5.06. The molecule has 13 nitrogen and oxygen atoms in total. The molecule has 8 rings (SSSR count). The summed E-state index contributed by atoms with van der Waals surface area (Å²) < 4.78 is 13.1. The zero-order chi connectivity index (χ0) is 42.6. The highest BCUT2D eigenvalue weighted by atomic mass is 32.1. The van der Waals surface area contributed by atoms with E-state index in [-0.39, 0.29) is 41.7 Å². The van der Waals surface area contributed by atoms with Crippen LogP contribution in [0.4, 0.5) is 9.59 Å². The molecule has 16 heteroatoms. The fourth-order valence-corrected chi connectivity index (χ4v) is 12.0. The van der Waals surface area contributed by atoms with Crippen molar-refractivity contribution in [3.8, 4) is 20.9 Å². The smallest absolute Gasteiger partial charge is 0.407 e. The van der Waals surface area contributed by atoms with Gasteiger partial charge in [-0.2, -0.15) is 0 Å². The lowest BCUT2D eigenvalue weighted by atomic mass is 10.0. The Bertz CT molecular complexity index is 2390. The molecule has 0 spiro atoms. The minimum absolute atomic E-state index is 0.100. The van der Waals surface area contributed by atoms with E-state index >= 15 is 0 Å². The molecule has 2 saturated heterocycles. The summed E-state index contributed by atoms with van der Waals surface area (Å²) in [6.07, 6.45) is 0.358. The number of aromatic amines is 1. The van der Waals surface area contributed by atoms with Crippen LogP contribution in [0.25, 0.3) is 51.5 Å². The van der Waals surface area contributed by atoms with Crippen LogP contribution in [0, 0.1) is 23.7 Å². The van der Waals surface area contributed by atoms with E-state index in [1.54, 1.807) is 34.0 Å². The maximum absolute atomic E-state index is 13.8. The van der Waals surface area contributed by atoms with Crippen LogP contribution < -0.4 is 10.6 Å². The van der Waals surface area contributed by atoms with E-state index < -0.39 is 24.3 Å². The third kappa shape index (κ3) is 8.08. The molecule has 0 unspecified atom stereocenters. The molecule has 2 aliphatic rings. The van der Waals surface area contributed by atoms with E-state index in [0.29, 0.717) is 19.0 Å². The number of fused-ring (bicyclic) bond motifs is 3. The number of alkyl carbamates (subject to hydrolysis) is 2. The summed E-state index contributed by atoms with van der Waals surface area (Å²) in [5.74, 6) is 0.882. The van der Waals surface area contributed by atoms with E-state index in [2.05, 4.69) is 71.9 Å². The number of hydrogen-bond donors (Lipinski definition) is 3. The highest BCUT2D eigenvalue weighted by molar-refractivity contribution is 7.31. The Morgan fingerprint density at radius 1 is 0.683 bits per heavy atom. The van der Waals surface area contributed by atoms with Gasteiger partial charge in [0.25, 0.3) is 0 Å². The number of amides is 4. The van der Waals surface area contributed by atoms with Crippen LogP contribution in [0.2, 0.25) is 0 Å². The minimum atomic E-state index is -0.698. The van der Waals surface area contributed by atoms with Gasteiger partial charge in [0.2, 0.25) is 11.8 Å². The lowest BCUT2D eigenvalue weighted by molar-refractivity contribution is -0.136. The number of thiazole rings is 1. The lowest BCUT2D eigenvalue weighted by Gasteiger charge is -2.30. The quantitative estimate of drug-likeness (QED) is 0.123. The fourth-order valence-electron chi connectivity index (χ4n) is 8.53. The van der Waals surface area contributed by atoms with Crippen molar-refractivity contribution in [2.75, 3.05) is 27.3 Å². The van der Waals surface area contributed by atoms with Crippen molar-refractivity contribution >= 4 is 88.7 Å². The molecule has 4 amide bonds. The lowest BCUT2D eigenvalue weighted by Crippen LogP contribution is -2.51. The second-order valence-corrected chi connectivity index (χ2v) is 20.2. The fraction of sp³-hybridized carbons (Fsp3) is 0.455. The minimum Gasteiger partial charge on any atom is -0.453 e. The van der Waals surface area contributed by atoms with Gasteiger partial charge < -0.3 is 34.9 Å². The third-order valence-corrected chi connectivity index (χ3v) is 15.2. The summed E-state index contributed by atoms with van der Waals surface area (Å²) in [5.41, 5.74) is 4.85. The van der Waals surface area contributed by atoms with Gasteiger partial charge in [-0.3, -0.25) is 9.59 Å². The van der Waals surface area contributed by atoms with Crippen molar-refractivity contribution < 1.29 is 28.7 Å². The topological polar surface area (TPSA) is 159 Å². The highest BCUT2D eigenvalue weighted by Gasteiger charge is 2.41. The number of hydrogen-bond acceptors (Lipinski definition) is 11. The predicted octanol–water partition coefficient (Wildman–Crippen LogP) is 9.36. The zero-order valence-corrected chi connectivity index (χ0v) is 37.5. The first-order valence-corrected chi connectivity index (χ1v) is 22.9. The van der Waals surface area contributed by atoms with Gasteiger partial charge >= 0.3 is 12.2 Å². The van der Waals surface area contributed by atoms with Gasteiger partial charge in [0, 0.05) is 32.2 Å². The molecule has 2 aromatic carbocycles. The van der Waals surface area contributed by atoms with Gasteiger partial charge in [0.1, 0.15) is 22.9 Å². The van der Waals surface area contributed by atoms with Crippen LogP contribution in [0.5, 0.6) is 0 Å². The van der Waals surface area contributed by atoms with Gasteiger partial charge in [-0.05, 0) is 84.0 Å². The normalized spacial score (nSPS) is 20.4. The van der Waals surface area contributed by atoms with Crippen LogP contribution in [-0.4, -0.2) is 88.1 Å². The molecule has 316 valence electrons. The number of carbonyl (C=O) groups excluding carboxylic acids is 4. The summed E-state index contributed by atoms with van der Waals surface area (Å²) in [4.78, 5) is 71.4. The standard InChI is InChI=1S/C44H51N7O6S3/c1-21(2)37(48-43(54)56-7)41(52)50-19-23(5)13-30(50)39-45-27-11-9-25(15-28(27)46-39)33-17-35-36(58-33)18-34(59-35)26-10-12-32-29(16-26)47-40(60-32)31-14-24(6)20-51(31)42(53)38(22(3)4)49-44(55)57-8/h9-12,15-18,21-24,30-31,37-38H,13-14,19-20H2,1-8H3,(H,45,46)(H,48,54)(H,49,55)/t23-,24-,30-,31-,37-,38-/m0/s1. The Kier molecular flexibility index (Phi) is 11.6. The highest BCUT2D eigenvalue weighted by Crippen LogP contribution is 2.45. The molecule has 0 saturated carbocycles. The van der Waals surface area contributed by atoms with Crippen LogP contribution in [0.15, 0.2) is 48.5 Å². The van der Waals surface area contributed by atoms with E-state index in [9.17, 15) is 19.2 Å². The average molecular weight is 870 g/mol. The SMILES string of the molecule is COC(=O)N[C@H](C(=O)N1C[C@@H](C)C[C@H]1c1nc2ccc(-c3cc4sc(-c5ccc6sc([C@@H]7C[C@H](C)CN7C(=O)[C@@H](NC(=O)OC)C(C)C)nc6c5)cc4s3)cc2[nH]1)C(C)C. The van der Waals surface area contributed by atoms with Gasteiger partial charge in [0.15, 0.2) is 0 Å². The molecule has 2 aliphatic heterocycles. The van der Waals surface area contributed by atoms with Crippen molar-refractivity contribution in [2.45, 2.75) is 78.6 Å². The number of rotatable bonds is 10. The molecule has 6 aromatic rings. The van der Waals surface area contributed by atoms with Crippen LogP contribution in [-0.2, 0) is 19.1 Å². The van der Waals surface area contributed by atoms with Gasteiger partial charge in [0.05, 0.1) is 47.6 Å². The van der Waals surface area contributed by atoms with Crippen molar-refractivity contribution in [2.24, 2.45) is 23.7 Å². The summed E-state index contributed by atoms with van der Waals surface area (Å²) >= 11 is 5.14. The van der Waals surface area contributed by atoms with Gasteiger partial charge in [-0.25, -0.2) is 19.6 Å². The van der Waals surface area contributed by atoms with E-state index in [1.807, 2.05) is 43.6 Å². The van der Waals surface area contributed by atoms with Crippen LogP contribution in [0.3, 0.4) is 0 Å². The second-order valence-electron chi connectivity index (χ2n) is 16.9. The maximum atomic E-state index is 13.8. The number of ether oxygens (including phenoxy) is 2. The van der Waals surface area contributed by atoms with Crippen molar-refractivity contribution in [1.29, 1.82) is 0 Å². The second kappa shape index (κ2) is 16.8. The summed E-state index contributed by atoms with van der Waals surface area (Å²) in [5, 5.41) is 6.39. The van der Waals surface area contributed by atoms with E-state index in [4.69, 9.17) is 19.4 Å². The first-order chi connectivity index (χ1) is 28.7. The number of likely N-dealkylation sites (tertiary alicyclic amines) is 2. The molecule has 60 heavy (non-hydrogen) atoms. The molecule has 6 heterocycles. The average Bonchev–Trinajstić information content (AvgIpc) is 4.07. The Morgan fingerprint density at radius 2 is 1.22 bits per heavy atom. The monoisotopic (exact) mass is 869 g/mol. The number of benzene rings is 2. The molecular weight excluding hydrogens is 819 g/mol. The molecule has 0 bridgehead atoms. The number of methoxy groups -OCH3 is 2. The Morgan fingerprint density at radius 3 is 1.78 bits per heavy atom. The van der Waals surface area contributed by atoms with Gasteiger partial charge in [-0.1, -0.05) is 53.7 Å². The summed E-state index contributed by atoms with van der Waals surface area (Å²) in [6.45, 7) is 13.2. The van der Waals surface area contributed by atoms with E-state index in [0.717, 1.165) is 60.9 Å². The van der Waals surface area contributed by atoms with Crippen molar-refractivity contribution in [3.63, 3.8) is 0 Å². The molecule has 2 fully saturated rings. The largest absolute Gasteiger partial charge is 0.453 e. The summed E-state index contributed by atoms with van der Waals surface area (Å²) in [6, 6.07) is 15.4. The third-order valence-electron chi connectivity index (χ3n) is 11.7. The number of carbonyl (C=O) groups is 4. The number of imidazole rings is 1. The number of aromatic nitrogens is 3. The first-order valence-electron chi connectivity index (χ1n) is 20.4. The number of nitrogens with one attached hydrogen (secondary N) is 3. The van der Waals surface area contributed by atoms with Crippen LogP contribution >= 0.6 is 34.0 Å². The molecule has 4 aromatic heterocycles. The van der Waals surface area contributed by atoms with Crippen molar-refractivity contribution in [1.82, 2.24) is 35.4 Å². The molecule has 0 aliphatic carbocycles. The molecule has 0 radical (unpaired) electrons. The molecular formula is C44H51N7O6S3. The molecule has 3 N–H and O–H groups in total. The first kappa shape index (κ1) is 41.7. The van der Waals surface area contributed by atoms with E-state index in [1.165, 1.54) is 28.5 Å². The Balaban J connectivity index is 1.00. The number of thiophene rings is 2. The predicted molar refractivity (Wildman–Crippen MR) is 238 cm³/mol. The van der Waals surface area contributed by atoms with Crippen LogP contribution in [0.1, 0.15) is 77.3 Å². The van der Waals surface area contributed by atoms with Gasteiger partial charge in [-0.15, -0.1) is 34.0 Å². The zero-order valence-electron chi connectivity index (χ0n) is 35.0. The molecule has 6 atom stereocenters.